The number of nitrogens with two attached hydrogens (primary N) is 1. The third kappa shape index (κ3) is 3.27. The van der Waals surface area contributed by atoms with Crippen LogP contribution in [0.2, 0.25) is 0 Å². The highest BCUT2D eigenvalue weighted by Crippen LogP contribution is 2.39. The van der Waals surface area contributed by atoms with Crippen LogP contribution in [0.5, 0.6) is 0 Å². The predicted octanol–water partition coefficient (Wildman–Crippen LogP) is 1.54. The Kier molecular flexibility index (Phi) is 4.68. The minimum atomic E-state index is -3.63. The number of carbonyl (C=O) groups is 1. The van der Waals surface area contributed by atoms with E-state index in [9.17, 15) is 13.2 Å². The van der Waals surface area contributed by atoms with Crippen molar-refractivity contribution >= 4 is 15.8 Å². The van der Waals surface area contributed by atoms with Crippen LogP contribution in [0.25, 0.3) is 0 Å². The molecule has 1 aliphatic rings. The maximum Gasteiger partial charge on any atom is 0.321 e. The van der Waals surface area contributed by atoms with Gasteiger partial charge in [-0.3, -0.25) is 4.79 Å². The molecule has 2 rings (SSSR count). The molecule has 116 valence electrons. The number of rotatable bonds is 4. The van der Waals surface area contributed by atoms with Crippen LogP contribution in [0.4, 0.5) is 0 Å². The van der Waals surface area contributed by atoms with Gasteiger partial charge in [-0.1, -0.05) is 31.2 Å². The average Bonchev–Trinajstić information content (AvgIpc) is 2.42. The van der Waals surface area contributed by atoms with Crippen LogP contribution < -0.4 is 5.73 Å². The highest BCUT2D eigenvalue weighted by molar-refractivity contribution is 7.92. The van der Waals surface area contributed by atoms with Crippen molar-refractivity contribution in [2.45, 2.75) is 37.5 Å². The Morgan fingerprint density at radius 3 is 2.57 bits per heavy atom. The second kappa shape index (κ2) is 6.15. The van der Waals surface area contributed by atoms with E-state index in [0.29, 0.717) is 6.42 Å². The lowest BCUT2D eigenvalue weighted by Gasteiger charge is -2.34. The molecule has 0 heterocycles. The lowest BCUT2D eigenvalue weighted by Crippen LogP contribution is -2.41. The molecule has 21 heavy (non-hydrogen) atoms. The van der Waals surface area contributed by atoms with E-state index in [1.54, 1.807) is 6.92 Å². The van der Waals surface area contributed by atoms with E-state index >= 15 is 0 Å². The summed E-state index contributed by atoms with van der Waals surface area (Å²) >= 11 is 0. The molecule has 0 saturated heterocycles. The van der Waals surface area contributed by atoms with Gasteiger partial charge >= 0.3 is 5.97 Å². The molecular formula is C15H21NO4S. The van der Waals surface area contributed by atoms with E-state index in [-0.39, 0.29) is 12.5 Å². The number of benzene rings is 1. The average molecular weight is 311 g/mol. The van der Waals surface area contributed by atoms with Crippen molar-refractivity contribution < 1.29 is 17.9 Å². The first kappa shape index (κ1) is 16.0. The maximum absolute atomic E-state index is 12.5. The molecule has 6 heteroatoms. The first-order valence-electron chi connectivity index (χ1n) is 7.08. The van der Waals surface area contributed by atoms with E-state index in [0.717, 1.165) is 11.1 Å². The van der Waals surface area contributed by atoms with Gasteiger partial charge in [-0.25, -0.2) is 8.42 Å². The summed E-state index contributed by atoms with van der Waals surface area (Å²) in [6, 6.07) is 7.02. The Labute approximate surface area is 125 Å². The summed E-state index contributed by atoms with van der Waals surface area (Å²) in [4.78, 5) is 11.5. The van der Waals surface area contributed by atoms with Crippen molar-refractivity contribution in [2.24, 2.45) is 5.73 Å². The molecule has 0 bridgehead atoms. The number of sulfone groups is 1. The third-order valence-corrected chi connectivity index (χ3v) is 6.00. The molecular weight excluding hydrogens is 290 g/mol. The Hall–Kier alpha value is -1.40. The van der Waals surface area contributed by atoms with Crippen molar-refractivity contribution in [2.75, 3.05) is 12.4 Å². The van der Waals surface area contributed by atoms with Crippen LogP contribution in [0.15, 0.2) is 24.3 Å². The van der Waals surface area contributed by atoms with Gasteiger partial charge in [0.25, 0.3) is 0 Å². The van der Waals surface area contributed by atoms with Gasteiger partial charge < -0.3 is 10.5 Å². The fourth-order valence-corrected chi connectivity index (χ4v) is 4.73. The zero-order valence-electron chi connectivity index (χ0n) is 12.3. The molecule has 1 aliphatic carbocycles. The molecule has 0 aliphatic heterocycles. The van der Waals surface area contributed by atoms with Gasteiger partial charge in [0.2, 0.25) is 0 Å². The standard InChI is InChI=1S/C15H21NO4S/c1-3-20-14(17)9-21(18,19)13-8-10(2)11-6-4-5-7-12(11)15(13)16/h4-7,10,13,15H,3,8-9,16H2,1-2H3. The second-order valence-corrected chi connectivity index (χ2v) is 7.66. The van der Waals surface area contributed by atoms with Crippen LogP contribution in [0.1, 0.15) is 43.4 Å². The van der Waals surface area contributed by atoms with Gasteiger partial charge in [0, 0.05) is 6.04 Å². The zero-order valence-corrected chi connectivity index (χ0v) is 13.1. The Morgan fingerprint density at radius 2 is 1.95 bits per heavy atom. The summed E-state index contributed by atoms with van der Waals surface area (Å²) in [5.74, 6) is -1.21. The van der Waals surface area contributed by atoms with Crippen molar-refractivity contribution in [1.29, 1.82) is 0 Å². The van der Waals surface area contributed by atoms with Crippen LogP contribution in [-0.4, -0.2) is 32.0 Å². The largest absolute Gasteiger partial charge is 0.465 e. The molecule has 3 unspecified atom stereocenters. The molecule has 3 atom stereocenters. The molecule has 1 aromatic carbocycles. The highest BCUT2D eigenvalue weighted by atomic mass is 32.2. The molecule has 0 amide bonds. The van der Waals surface area contributed by atoms with Crippen LogP contribution in [0, 0.1) is 0 Å². The topological polar surface area (TPSA) is 86.5 Å². The molecule has 0 aromatic heterocycles. The number of fused-ring (bicyclic) bond motifs is 1. The highest BCUT2D eigenvalue weighted by Gasteiger charge is 2.39. The Bertz CT molecular complexity index is 626. The minimum absolute atomic E-state index is 0.1000. The molecule has 1 aromatic rings. The van der Waals surface area contributed by atoms with Crippen LogP contribution in [-0.2, 0) is 19.4 Å². The second-order valence-electron chi connectivity index (χ2n) is 5.44. The maximum atomic E-state index is 12.5. The van der Waals surface area contributed by atoms with Crippen LogP contribution in [0.3, 0.4) is 0 Å². The summed E-state index contributed by atoms with van der Waals surface area (Å²) in [6.07, 6.45) is 0.430. The van der Waals surface area contributed by atoms with E-state index in [1.807, 2.05) is 31.2 Å². The predicted molar refractivity (Wildman–Crippen MR) is 80.6 cm³/mol. The number of hydrogen-bond donors (Lipinski definition) is 1. The zero-order chi connectivity index (χ0) is 15.6. The summed E-state index contributed by atoms with van der Waals surface area (Å²) < 4.78 is 29.7. The lowest BCUT2D eigenvalue weighted by molar-refractivity contribution is -0.139. The molecule has 0 fully saturated rings. The smallest absolute Gasteiger partial charge is 0.321 e. The van der Waals surface area contributed by atoms with Crippen molar-refractivity contribution in [3.05, 3.63) is 35.4 Å². The molecule has 0 radical (unpaired) electrons. The summed E-state index contributed by atoms with van der Waals surface area (Å²) in [5.41, 5.74) is 8.10. The monoisotopic (exact) mass is 311 g/mol. The van der Waals surface area contributed by atoms with Gasteiger partial charge in [-0.15, -0.1) is 0 Å². The van der Waals surface area contributed by atoms with Crippen molar-refractivity contribution in [3.63, 3.8) is 0 Å². The van der Waals surface area contributed by atoms with Crippen LogP contribution >= 0.6 is 0 Å². The number of esters is 1. The first-order valence-corrected chi connectivity index (χ1v) is 8.80. The first-order chi connectivity index (χ1) is 9.86. The summed E-state index contributed by atoms with van der Waals surface area (Å²) in [5, 5.41) is -0.744. The Morgan fingerprint density at radius 1 is 1.33 bits per heavy atom. The fraction of sp³-hybridized carbons (Fsp3) is 0.533. The van der Waals surface area contributed by atoms with Gasteiger partial charge in [0.15, 0.2) is 9.84 Å². The number of hydrogen-bond acceptors (Lipinski definition) is 5. The lowest BCUT2D eigenvalue weighted by atomic mass is 9.81. The fourth-order valence-electron chi connectivity index (χ4n) is 2.93. The molecule has 2 N–H and O–H groups in total. The third-order valence-electron chi connectivity index (χ3n) is 3.96. The summed E-state index contributed by atoms with van der Waals surface area (Å²) in [6.45, 7) is 3.80. The SMILES string of the molecule is CCOC(=O)CS(=O)(=O)C1CC(C)c2ccccc2C1N. The number of carbonyl (C=O) groups excluding carboxylic acids is 1. The summed E-state index contributed by atoms with van der Waals surface area (Å²) in [7, 11) is -3.63. The van der Waals surface area contributed by atoms with Crippen molar-refractivity contribution in [3.8, 4) is 0 Å². The molecule has 0 saturated carbocycles. The normalized spacial score (nSPS) is 25.2. The molecule has 0 spiro atoms. The van der Waals surface area contributed by atoms with Gasteiger partial charge in [0.1, 0.15) is 5.75 Å². The van der Waals surface area contributed by atoms with Gasteiger partial charge in [0.05, 0.1) is 11.9 Å². The van der Waals surface area contributed by atoms with Gasteiger partial charge in [-0.05, 0) is 30.4 Å². The molecule has 5 nitrogen and oxygen atoms in total. The minimum Gasteiger partial charge on any atom is -0.465 e. The van der Waals surface area contributed by atoms with E-state index in [4.69, 9.17) is 10.5 Å². The van der Waals surface area contributed by atoms with E-state index in [1.165, 1.54) is 0 Å². The number of ether oxygens (including phenoxy) is 1. The van der Waals surface area contributed by atoms with E-state index in [2.05, 4.69) is 0 Å². The quantitative estimate of drug-likeness (QED) is 0.852. The Balaban J connectivity index is 2.28. The van der Waals surface area contributed by atoms with Crippen molar-refractivity contribution in [1.82, 2.24) is 0 Å². The van der Waals surface area contributed by atoms with Gasteiger partial charge in [-0.2, -0.15) is 0 Å². The van der Waals surface area contributed by atoms with E-state index < -0.39 is 32.9 Å².